The third kappa shape index (κ3) is 2.47. The van der Waals surface area contributed by atoms with Crippen LogP contribution in [0.5, 0.6) is 0 Å². The molecule has 1 aliphatic heterocycles. The van der Waals surface area contributed by atoms with Crippen molar-refractivity contribution in [1.82, 2.24) is 5.32 Å². The summed E-state index contributed by atoms with van der Waals surface area (Å²) >= 11 is 4.54. The Morgan fingerprint density at radius 3 is 2.73 bits per heavy atom. The number of thiocarbonyl (C=S) groups is 1. The maximum Gasteiger partial charge on any atom is 0.167 e. The largest absolute Gasteiger partial charge is 0.376 e. The van der Waals surface area contributed by atoms with Crippen LogP contribution in [0.25, 0.3) is 0 Å². The van der Waals surface area contributed by atoms with Gasteiger partial charge in [0.15, 0.2) is 14.9 Å². The Hall–Kier alpha value is -0.620. The van der Waals surface area contributed by atoms with E-state index in [0.29, 0.717) is 5.70 Å². The summed E-state index contributed by atoms with van der Waals surface area (Å²) in [5.74, 6) is 0.0995. The van der Waals surface area contributed by atoms with Crippen LogP contribution in [0.3, 0.4) is 0 Å². The third-order valence-electron chi connectivity index (χ3n) is 1.24. The van der Waals surface area contributed by atoms with Crippen molar-refractivity contribution in [3.05, 3.63) is 11.8 Å². The Morgan fingerprint density at radius 2 is 2.36 bits per heavy atom. The lowest BCUT2D eigenvalue weighted by molar-refractivity contribution is 0.603. The number of nitrogens with one attached hydrogen (secondary N) is 1. The van der Waals surface area contributed by atoms with Gasteiger partial charge in [-0.25, -0.2) is 8.42 Å². The fourth-order valence-corrected chi connectivity index (χ4v) is 2.20. The highest BCUT2D eigenvalue weighted by molar-refractivity contribution is 7.92. The fraction of sp³-hybridized carbons (Fsp3) is 0.400. The number of nitrogens with two attached hydrogens (primary N) is 1. The highest BCUT2D eigenvalue weighted by Crippen LogP contribution is 2.07. The summed E-state index contributed by atoms with van der Waals surface area (Å²) in [6.07, 6.45) is 1.58. The van der Waals surface area contributed by atoms with Gasteiger partial charge in [0.25, 0.3) is 0 Å². The van der Waals surface area contributed by atoms with Crippen LogP contribution >= 0.6 is 12.2 Å². The molecule has 1 heterocycles. The maximum atomic E-state index is 10.8. The summed E-state index contributed by atoms with van der Waals surface area (Å²) < 4.78 is 21.7. The van der Waals surface area contributed by atoms with Crippen LogP contribution < -0.4 is 11.1 Å². The van der Waals surface area contributed by atoms with Crippen LogP contribution in [-0.2, 0) is 9.84 Å². The quantitative estimate of drug-likeness (QED) is 0.528. The zero-order valence-electron chi connectivity index (χ0n) is 5.70. The van der Waals surface area contributed by atoms with E-state index < -0.39 is 9.84 Å². The number of hydrogen-bond donors (Lipinski definition) is 2. The van der Waals surface area contributed by atoms with E-state index in [2.05, 4.69) is 17.5 Å². The van der Waals surface area contributed by atoms with Gasteiger partial charge in [0.2, 0.25) is 0 Å². The van der Waals surface area contributed by atoms with Crippen LogP contribution in [0, 0.1) is 0 Å². The Bertz CT molecular complexity index is 304. The summed E-state index contributed by atoms with van der Waals surface area (Å²) in [5.41, 5.74) is 5.73. The molecule has 0 fully saturated rings. The van der Waals surface area contributed by atoms with Gasteiger partial charge < -0.3 is 11.1 Å². The second-order valence-electron chi connectivity index (χ2n) is 2.27. The van der Waals surface area contributed by atoms with Gasteiger partial charge in [-0.15, -0.1) is 0 Å². The molecule has 0 atom stereocenters. The van der Waals surface area contributed by atoms with Crippen molar-refractivity contribution in [2.75, 3.05) is 11.5 Å². The zero-order chi connectivity index (χ0) is 8.48. The van der Waals surface area contributed by atoms with Crippen molar-refractivity contribution < 1.29 is 8.42 Å². The predicted octanol–water partition coefficient (Wildman–Crippen LogP) is -0.868. The number of sulfone groups is 1. The van der Waals surface area contributed by atoms with Gasteiger partial charge in [0.05, 0.1) is 11.5 Å². The first-order valence-electron chi connectivity index (χ1n) is 2.95. The molecule has 6 heteroatoms. The minimum atomic E-state index is -2.91. The molecule has 1 rings (SSSR count). The molecule has 0 amide bonds. The van der Waals surface area contributed by atoms with Crippen LogP contribution in [0.2, 0.25) is 0 Å². The Morgan fingerprint density at radius 1 is 1.73 bits per heavy atom. The minimum Gasteiger partial charge on any atom is -0.376 e. The molecule has 0 saturated carbocycles. The maximum absolute atomic E-state index is 10.8. The van der Waals surface area contributed by atoms with Crippen molar-refractivity contribution in [1.29, 1.82) is 0 Å². The van der Waals surface area contributed by atoms with Gasteiger partial charge in [-0.3, -0.25) is 0 Å². The molecule has 4 nitrogen and oxygen atoms in total. The van der Waals surface area contributed by atoms with E-state index in [-0.39, 0.29) is 16.6 Å². The fourth-order valence-electron chi connectivity index (χ4n) is 0.828. The molecular formula is C5H8N2O2S2. The summed E-state index contributed by atoms with van der Waals surface area (Å²) in [7, 11) is -2.91. The van der Waals surface area contributed by atoms with Gasteiger partial charge in [0, 0.05) is 5.70 Å². The molecule has 1 aliphatic rings. The molecule has 0 aliphatic carbocycles. The van der Waals surface area contributed by atoms with Crippen LogP contribution in [0.4, 0.5) is 0 Å². The lowest BCUT2D eigenvalue weighted by Crippen LogP contribution is -2.29. The molecule has 0 aromatic rings. The van der Waals surface area contributed by atoms with E-state index in [0.717, 1.165) is 0 Å². The lowest BCUT2D eigenvalue weighted by atomic mass is 10.5. The van der Waals surface area contributed by atoms with Crippen molar-refractivity contribution in [2.24, 2.45) is 5.73 Å². The molecule has 0 radical (unpaired) electrons. The van der Waals surface area contributed by atoms with Gasteiger partial charge in [0.1, 0.15) is 0 Å². The average molecular weight is 192 g/mol. The molecule has 0 aromatic heterocycles. The van der Waals surface area contributed by atoms with E-state index in [4.69, 9.17) is 5.73 Å². The highest BCUT2D eigenvalue weighted by Gasteiger charge is 2.19. The first-order valence-corrected chi connectivity index (χ1v) is 5.18. The van der Waals surface area contributed by atoms with Crippen LogP contribution in [-0.4, -0.2) is 25.0 Å². The molecule has 0 saturated heterocycles. The molecule has 62 valence electrons. The topological polar surface area (TPSA) is 72.2 Å². The summed E-state index contributed by atoms with van der Waals surface area (Å²) in [6, 6.07) is 0. The van der Waals surface area contributed by atoms with E-state index >= 15 is 0 Å². The minimum absolute atomic E-state index is 0.0182. The molecule has 0 aromatic carbocycles. The second-order valence-corrected chi connectivity index (χ2v) is 4.82. The number of hydrogen-bond acceptors (Lipinski definition) is 3. The molecule has 0 unspecified atom stereocenters. The van der Waals surface area contributed by atoms with Crippen molar-refractivity contribution >= 4 is 27.2 Å². The normalized spacial score (nSPS) is 20.9. The average Bonchev–Trinajstić information content (AvgIpc) is 2.08. The Labute approximate surface area is 70.4 Å². The van der Waals surface area contributed by atoms with Gasteiger partial charge >= 0.3 is 0 Å². The summed E-state index contributed by atoms with van der Waals surface area (Å²) in [5, 5.41) is 2.69. The smallest absolute Gasteiger partial charge is 0.167 e. The van der Waals surface area contributed by atoms with Crippen molar-refractivity contribution in [3.8, 4) is 0 Å². The molecule has 11 heavy (non-hydrogen) atoms. The highest BCUT2D eigenvalue weighted by atomic mass is 32.2. The SMILES string of the molecule is NC(=S)NC1=CCS(=O)(=O)C1. The van der Waals surface area contributed by atoms with E-state index in [1.165, 1.54) is 0 Å². The van der Waals surface area contributed by atoms with Gasteiger partial charge in [-0.1, -0.05) is 0 Å². The van der Waals surface area contributed by atoms with Crippen LogP contribution in [0.15, 0.2) is 11.8 Å². The van der Waals surface area contributed by atoms with Crippen molar-refractivity contribution in [3.63, 3.8) is 0 Å². The molecule has 0 bridgehead atoms. The summed E-state index contributed by atoms with van der Waals surface area (Å²) in [6.45, 7) is 0. The van der Waals surface area contributed by atoms with E-state index in [1.807, 2.05) is 0 Å². The zero-order valence-corrected chi connectivity index (χ0v) is 7.33. The van der Waals surface area contributed by atoms with Gasteiger partial charge in [-0.2, -0.15) is 0 Å². The van der Waals surface area contributed by atoms with E-state index in [9.17, 15) is 8.42 Å². The predicted molar refractivity (Wildman–Crippen MR) is 46.7 cm³/mol. The molecule has 3 N–H and O–H groups in total. The van der Waals surface area contributed by atoms with Crippen LogP contribution in [0.1, 0.15) is 0 Å². The van der Waals surface area contributed by atoms with Crippen molar-refractivity contribution in [2.45, 2.75) is 0 Å². The lowest BCUT2D eigenvalue weighted by Gasteiger charge is -2.01. The second kappa shape index (κ2) is 2.78. The van der Waals surface area contributed by atoms with E-state index in [1.54, 1.807) is 6.08 Å². The molecule has 0 spiro atoms. The first-order chi connectivity index (χ1) is 4.99. The van der Waals surface area contributed by atoms with Gasteiger partial charge in [-0.05, 0) is 18.3 Å². The number of rotatable bonds is 1. The third-order valence-corrected chi connectivity index (χ3v) is 2.77. The standard InChI is InChI=1S/C5H8N2O2S2/c6-5(10)7-4-1-2-11(8,9)3-4/h1H,2-3H2,(H3,6,7,10). The molecular weight excluding hydrogens is 184 g/mol. The Balaban J connectivity index is 2.61. The summed E-state index contributed by atoms with van der Waals surface area (Å²) in [4.78, 5) is 0. The first kappa shape index (κ1) is 8.48. The Kier molecular flexibility index (Phi) is 2.15. The monoisotopic (exact) mass is 192 g/mol.